The van der Waals surface area contributed by atoms with Crippen molar-refractivity contribution in [3.63, 3.8) is 0 Å². The molecule has 0 heterocycles. The second kappa shape index (κ2) is 9.61. The molecule has 2 N–H and O–H groups in total. The Kier molecular flexibility index (Phi) is 7.21. The number of aryl methyl sites for hydroxylation is 1. The van der Waals surface area contributed by atoms with Crippen LogP contribution in [0, 0.1) is 13.8 Å². The van der Waals surface area contributed by atoms with Crippen LogP contribution in [0.4, 0.5) is 5.69 Å². The van der Waals surface area contributed by atoms with Crippen molar-refractivity contribution in [3.05, 3.63) is 59.2 Å². The van der Waals surface area contributed by atoms with E-state index in [1.54, 1.807) is 18.2 Å². The number of carbonyl (C=O) groups is 2. The first kappa shape index (κ1) is 19.5. The average Bonchev–Trinajstić information content (AvgIpc) is 2.63. The Bertz CT molecular complexity index is 772. The smallest absolute Gasteiger partial charge is 0.255 e. The van der Waals surface area contributed by atoms with E-state index in [-0.39, 0.29) is 11.8 Å². The highest BCUT2D eigenvalue weighted by Crippen LogP contribution is 2.19. The van der Waals surface area contributed by atoms with E-state index in [2.05, 4.69) is 10.6 Å². The molecule has 0 atom stereocenters. The van der Waals surface area contributed by atoms with Crippen molar-refractivity contribution < 1.29 is 14.3 Å². The predicted molar refractivity (Wildman–Crippen MR) is 104 cm³/mol. The van der Waals surface area contributed by atoms with E-state index in [0.717, 1.165) is 16.8 Å². The molecule has 0 saturated carbocycles. The summed E-state index contributed by atoms with van der Waals surface area (Å²) in [5.41, 5.74) is 3.56. The third-order valence-electron chi connectivity index (χ3n) is 4.18. The summed E-state index contributed by atoms with van der Waals surface area (Å²) in [6.07, 6.45) is 0.917. The van der Waals surface area contributed by atoms with Crippen LogP contribution >= 0.6 is 0 Å². The lowest BCUT2D eigenvalue weighted by atomic mass is 10.1. The first-order chi connectivity index (χ1) is 12.5. The second-order valence-electron chi connectivity index (χ2n) is 6.08. The zero-order valence-corrected chi connectivity index (χ0v) is 15.6. The number of nitrogens with one attached hydrogen (secondary N) is 2. The molecule has 5 nitrogen and oxygen atoms in total. The van der Waals surface area contributed by atoms with Crippen molar-refractivity contribution in [2.45, 2.75) is 33.6 Å². The van der Waals surface area contributed by atoms with Gasteiger partial charge in [-0.1, -0.05) is 24.3 Å². The Morgan fingerprint density at radius 2 is 1.81 bits per heavy atom. The van der Waals surface area contributed by atoms with Crippen molar-refractivity contribution in [1.29, 1.82) is 0 Å². The number of benzene rings is 2. The standard InChI is InChI=1S/C21H26N2O3/c1-4-26-19-12-6-5-10-17(19)21(25)22-14-8-13-20(24)23-18-11-7-9-15(2)16(18)3/h5-7,9-12H,4,8,13-14H2,1-3H3,(H,22,25)(H,23,24). The maximum Gasteiger partial charge on any atom is 0.255 e. The summed E-state index contributed by atoms with van der Waals surface area (Å²) in [6.45, 7) is 6.81. The highest BCUT2D eigenvalue weighted by atomic mass is 16.5. The molecule has 2 aromatic carbocycles. The van der Waals surface area contributed by atoms with Crippen molar-refractivity contribution in [2.24, 2.45) is 0 Å². The second-order valence-corrected chi connectivity index (χ2v) is 6.08. The Morgan fingerprint density at radius 3 is 2.58 bits per heavy atom. The first-order valence-corrected chi connectivity index (χ1v) is 8.89. The van der Waals surface area contributed by atoms with Crippen LogP contribution < -0.4 is 15.4 Å². The summed E-state index contributed by atoms with van der Waals surface area (Å²) < 4.78 is 5.46. The van der Waals surface area contributed by atoms with Crippen LogP contribution in [0.5, 0.6) is 5.75 Å². The fraction of sp³-hybridized carbons (Fsp3) is 0.333. The van der Waals surface area contributed by atoms with Crippen molar-refractivity contribution in [1.82, 2.24) is 5.32 Å². The summed E-state index contributed by atoms with van der Waals surface area (Å²) in [4.78, 5) is 24.4. The van der Waals surface area contributed by atoms with Gasteiger partial charge in [0.15, 0.2) is 0 Å². The van der Waals surface area contributed by atoms with Gasteiger partial charge in [-0.2, -0.15) is 0 Å². The molecule has 0 saturated heterocycles. The number of hydrogen-bond acceptors (Lipinski definition) is 3. The molecule has 0 bridgehead atoms. The fourth-order valence-electron chi connectivity index (χ4n) is 2.58. The third-order valence-corrected chi connectivity index (χ3v) is 4.18. The maximum atomic E-state index is 12.3. The van der Waals surface area contributed by atoms with E-state index in [1.165, 1.54) is 0 Å². The highest BCUT2D eigenvalue weighted by Gasteiger charge is 2.11. The molecular formula is C21H26N2O3. The summed E-state index contributed by atoms with van der Waals surface area (Å²) >= 11 is 0. The molecule has 0 aliphatic rings. The number of para-hydroxylation sites is 1. The number of carbonyl (C=O) groups excluding carboxylic acids is 2. The number of anilines is 1. The van der Waals surface area contributed by atoms with Crippen LogP contribution in [0.3, 0.4) is 0 Å². The molecule has 2 aromatic rings. The van der Waals surface area contributed by atoms with Crippen LogP contribution in [0.15, 0.2) is 42.5 Å². The molecule has 0 spiro atoms. The van der Waals surface area contributed by atoms with Crippen molar-refractivity contribution in [2.75, 3.05) is 18.5 Å². The largest absolute Gasteiger partial charge is 0.493 e. The van der Waals surface area contributed by atoms with E-state index in [1.807, 2.05) is 45.0 Å². The van der Waals surface area contributed by atoms with Gasteiger partial charge in [-0.25, -0.2) is 0 Å². The molecule has 138 valence electrons. The van der Waals surface area contributed by atoms with Gasteiger partial charge in [-0.05, 0) is 56.5 Å². The fourth-order valence-corrected chi connectivity index (χ4v) is 2.58. The van der Waals surface area contributed by atoms with Gasteiger partial charge < -0.3 is 15.4 Å². The van der Waals surface area contributed by atoms with Gasteiger partial charge >= 0.3 is 0 Å². The lowest BCUT2D eigenvalue weighted by Crippen LogP contribution is -2.26. The predicted octanol–water partition coefficient (Wildman–Crippen LogP) is 3.85. The minimum absolute atomic E-state index is 0.0531. The number of amides is 2. The lowest BCUT2D eigenvalue weighted by molar-refractivity contribution is -0.116. The Morgan fingerprint density at radius 1 is 1.04 bits per heavy atom. The van der Waals surface area contributed by atoms with Crippen LogP contribution in [0.2, 0.25) is 0 Å². The minimum atomic E-state index is -0.191. The molecule has 2 amide bonds. The summed E-state index contributed by atoms with van der Waals surface area (Å²) in [7, 11) is 0. The molecule has 0 unspecified atom stereocenters. The maximum absolute atomic E-state index is 12.3. The monoisotopic (exact) mass is 354 g/mol. The molecule has 0 fully saturated rings. The van der Waals surface area contributed by atoms with E-state index < -0.39 is 0 Å². The zero-order chi connectivity index (χ0) is 18.9. The molecule has 26 heavy (non-hydrogen) atoms. The Hall–Kier alpha value is -2.82. The van der Waals surface area contributed by atoms with Crippen molar-refractivity contribution >= 4 is 17.5 Å². The van der Waals surface area contributed by atoms with Gasteiger partial charge in [0.1, 0.15) is 5.75 Å². The SMILES string of the molecule is CCOc1ccccc1C(=O)NCCCC(=O)Nc1cccc(C)c1C. The van der Waals surface area contributed by atoms with E-state index >= 15 is 0 Å². The van der Waals surface area contributed by atoms with Gasteiger partial charge in [-0.3, -0.25) is 9.59 Å². The Labute approximate surface area is 154 Å². The molecular weight excluding hydrogens is 328 g/mol. The van der Waals surface area contributed by atoms with Gasteiger partial charge in [0.05, 0.1) is 12.2 Å². The lowest BCUT2D eigenvalue weighted by Gasteiger charge is -2.11. The molecule has 5 heteroatoms. The summed E-state index contributed by atoms with van der Waals surface area (Å²) in [6, 6.07) is 13.0. The summed E-state index contributed by atoms with van der Waals surface area (Å²) in [5, 5.41) is 5.76. The number of ether oxygens (including phenoxy) is 1. The highest BCUT2D eigenvalue weighted by molar-refractivity contribution is 5.97. The van der Waals surface area contributed by atoms with Crippen LogP contribution in [0.25, 0.3) is 0 Å². The number of hydrogen-bond donors (Lipinski definition) is 2. The molecule has 0 aliphatic carbocycles. The zero-order valence-electron chi connectivity index (χ0n) is 15.6. The van der Waals surface area contributed by atoms with Gasteiger partial charge in [0.2, 0.25) is 5.91 Å². The molecule has 2 rings (SSSR count). The van der Waals surface area contributed by atoms with Crippen LogP contribution in [0.1, 0.15) is 41.3 Å². The van der Waals surface area contributed by atoms with Crippen LogP contribution in [-0.4, -0.2) is 25.0 Å². The average molecular weight is 354 g/mol. The minimum Gasteiger partial charge on any atom is -0.493 e. The third kappa shape index (κ3) is 5.34. The first-order valence-electron chi connectivity index (χ1n) is 8.89. The van der Waals surface area contributed by atoms with E-state index in [9.17, 15) is 9.59 Å². The van der Waals surface area contributed by atoms with Gasteiger partial charge in [0.25, 0.3) is 5.91 Å². The van der Waals surface area contributed by atoms with Crippen molar-refractivity contribution in [3.8, 4) is 5.75 Å². The Balaban J connectivity index is 1.79. The molecule has 0 aromatic heterocycles. The van der Waals surface area contributed by atoms with Gasteiger partial charge in [-0.15, -0.1) is 0 Å². The van der Waals surface area contributed by atoms with E-state index in [0.29, 0.717) is 37.3 Å². The number of rotatable bonds is 8. The topological polar surface area (TPSA) is 67.4 Å². The molecule has 0 radical (unpaired) electrons. The van der Waals surface area contributed by atoms with Crippen LogP contribution in [-0.2, 0) is 4.79 Å². The summed E-state index contributed by atoms with van der Waals surface area (Å²) in [5.74, 6) is 0.326. The van der Waals surface area contributed by atoms with E-state index in [4.69, 9.17) is 4.74 Å². The molecule has 0 aliphatic heterocycles. The quantitative estimate of drug-likeness (QED) is 0.708. The van der Waals surface area contributed by atoms with Gasteiger partial charge in [0, 0.05) is 18.7 Å². The normalized spacial score (nSPS) is 10.3.